The summed E-state index contributed by atoms with van der Waals surface area (Å²) in [5, 5.41) is 9.86. The Hall–Kier alpha value is -4.00. The SMILES string of the molecule is CC1CN(C(=O)OC(C)(C)C)[C@@H](C)CN1c1ncnc2c1c(C=O)cn2-c1cc(C#N)ccn1. The van der Waals surface area contributed by atoms with Crippen LogP contribution in [0.4, 0.5) is 10.6 Å². The monoisotopic (exact) mass is 461 g/mol. The minimum Gasteiger partial charge on any atom is -0.444 e. The molecule has 0 bridgehead atoms. The van der Waals surface area contributed by atoms with Crippen LogP contribution in [0.3, 0.4) is 0 Å². The summed E-state index contributed by atoms with van der Waals surface area (Å²) in [6.45, 7) is 10.5. The van der Waals surface area contributed by atoms with Crippen LogP contribution < -0.4 is 4.90 Å². The fraction of sp³-hybridized carbons (Fsp3) is 0.417. The van der Waals surface area contributed by atoms with Crippen LogP contribution in [0.2, 0.25) is 0 Å². The van der Waals surface area contributed by atoms with Crippen LogP contribution in [0, 0.1) is 11.3 Å². The summed E-state index contributed by atoms with van der Waals surface area (Å²) in [6.07, 6.45) is 5.08. The molecule has 3 aromatic rings. The molecular formula is C24H27N7O3. The van der Waals surface area contributed by atoms with Crippen LogP contribution in [-0.4, -0.2) is 67.6 Å². The highest BCUT2D eigenvalue weighted by molar-refractivity contribution is 6.03. The van der Waals surface area contributed by atoms with Crippen LogP contribution in [0.5, 0.6) is 0 Å². The van der Waals surface area contributed by atoms with E-state index in [0.29, 0.717) is 46.9 Å². The maximum atomic E-state index is 12.7. The number of hydrogen-bond acceptors (Lipinski definition) is 8. The minimum absolute atomic E-state index is 0.0790. The fourth-order valence-electron chi connectivity index (χ4n) is 4.17. The molecule has 1 unspecified atom stereocenters. The number of piperazine rings is 1. The van der Waals surface area contributed by atoms with Crippen LogP contribution in [0.1, 0.15) is 50.5 Å². The Morgan fingerprint density at radius 2 is 1.97 bits per heavy atom. The Morgan fingerprint density at radius 3 is 2.65 bits per heavy atom. The van der Waals surface area contributed by atoms with E-state index in [9.17, 15) is 14.9 Å². The van der Waals surface area contributed by atoms with Crippen LogP contribution in [-0.2, 0) is 4.74 Å². The lowest BCUT2D eigenvalue weighted by Crippen LogP contribution is -2.59. The molecule has 34 heavy (non-hydrogen) atoms. The summed E-state index contributed by atoms with van der Waals surface area (Å²) >= 11 is 0. The quantitative estimate of drug-likeness (QED) is 0.545. The number of rotatable bonds is 3. The predicted molar refractivity (Wildman–Crippen MR) is 126 cm³/mol. The van der Waals surface area contributed by atoms with Crippen molar-refractivity contribution < 1.29 is 14.3 Å². The lowest BCUT2D eigenvalue weighted by Gasteiger charge is -2.44. The van der Waals surface area contributed by atoms with Crippen molar-refractivity contribution in [3.63, 3.8) is 0 Å². The van der Waals surface area contributed by atoms with Crippen molar-refractivity contribution in [1.82, 2.24) is 24.4 Å². The van der Waals surface area contributed by atoms with Gasteiger partial charge in [-0.15, -0.1) is 0 Å². The van der Waals surface area contributed by atoms with Crippen molar-refractivity contribution >= 4 is 29.2 Å². The number of nitrogens with zero attached hydrogens (tertiary/aromatic N) is 7. The van der Waals surface area contributed by atoms with E-state index in [2.05, 4.69) is 25.9 Å². The Labute approximate surface area is 197 Å². The highest BCUT2D eigenvalue weighted by atomic mass is 16.6. The largest absolute Gasteiger partial charge is 0.444 e. The molecule has 1 amide bonds. The van der Waals surface area contributed by atoms with Gasteiger partial charge in [-0.25, -0.2) is 19.7 Å². The molecule has 10 nitrogen and oxygen atoms in total. The Bertz CT molecular complexity index is 1290. The number of anilines is 1. The second-order valence-electron chi connectivity index (χ2n) is 9.47. The van der Waals surface area contributed by atoms with Gasteiger partial charge in [0.2, 0.25) is 0 Å². The van der Waals surface area contributed by atoms with Crippen LogP contribution in [0.25, 0.3) is 16.9 Å². The third-order valence-electron chi connectivity index (χ3n) is 5.73. The number of pyridine rings is 1. The second-order valence-corrected chi connectivity index (χ2v) is 9.47. The number of carbonyl (C=O) groups is 2. The van der Waals surface area contributed by atoms with E-state index in [0.717, 1.165) is 6.29 Å². The topological polar surface area (TPSA) is 117 Å². The molecule has 1 aliphatic heterocycles. The smallest absolute Gasteiger partial charge is 0.410 e. The summed E-state index contributed by atoms with van der Waals surface area (Å²) < 4.78 is 7.27. The molecule has 2 atom stereocenters. The van der Waals surface area contributed by atoms with E-state index < -0.39 is 5.60 Å². The zero-order chi connectivity index (χ0) is 24.6. The van der Waals surface area contributed by atoms with Crippen molar-refractivity contribution in [3.05, 3.63) is 42.0 Å². The highest BCUT2D eigenvalue weighted by Crippen LogP contribution is 2.32. The zero-order valence-corrected chi connectivity index (χ0v) is 19.9. The number of amides is 1. The van der Waals surface area contributed by atoms with Crippen LogP contribution in [0.15, 0.2) is 30.9 Å². The number of ether oxygens (including phenoxy) is 1. The first-order valence-electron chi connectivity index (χ1n) is 11.1. The van der Waals surface area contributed by atoms with Crippen molar-refractivity contribution in [2.24, 2.45) is 0 Å². The van der Waals surface area contributed by atoms with Gasteiger partial charge in [0.05, 0.1) is 17.0 Å². The summed E-state index contributed by atoms with van der Waals surface area (Å²) in [6, 6.07) is 5.14. The molecule has 0 aromatic carbocycles. The standard InChI is InChI=1S/C24H27N7O3/c1-15-11-30(23(33)34-24(3,4)5)16(2)10-29(15)21-20-18(13-32)12-31(22(20)28-14-27-21)19-8-17(9-25)6-7-26-19/h6-8,12-16H,10-11H2,1-5H3/t15?,16-/m0/s1. The molecule has 0 N–H and O–H groups in total. The normalized spacial score (nSPS) is 18.6. The molecule has 0 spiro atoms. The molecule has 176 valence electrons. The van der Waals surface area contributed by atoms with Gasteiger partial charge in [-0.3, -0.25) is 9.36 Å². The third kappa shape index (κ3) is 4.29. The first-order valence-corrected chi connectivity index (χ1v) is 11.1. The molecule has 1 fully saturated rings. The van der Waals surface area contributed by atoms with Crippen molar-refractivity contribution in [2.75, 3.05) is 18.0 Å². The van der Waals surface area contributed by atoms with Gasteiger partial charge in [-0.2, -0.15) is 5.26 Å². The minimum atomic E-state index is -0.575. The van der Waals surface area contributed by atoms with Gasteiger partial charge in [0, 0.05) is 43.1 Å². The van der Waals surface area contributed by atoms with Crippen LogP contribution >= 0.6 is 0 Å². The first kappa shape index (κ1) is 23.2. The van der Waals surface area contributed by atoms with E-state index in [1.807, 2.05) is 34.6 Å². The van der Waals surface area contributed by atoms with E-state index in [1.54, 1.807) is 34.0 Å². The molecule has 4 heterocycles. The van der Waals surface area contributed by atoms with Gasteiger partial charge in [-0.05, 0) is 46.8 Å². The lowest BCUT2D eigenvalue weighted by molar-refractivity contribution is 0.0130. The summed E-state index contributed by atoms with van der Waals surface area (Å²) in [4.78, 5) is 41.9. The Balaban J connectivity index is 1.73. The van der Waals surface area contributed by atoms with Crippen molar-refractivity contribution in [3.8, 4) is 11.9 Å². The number of nitriles is 1. The molecule has 10 heteroatoms. The van der Waals surface area contributed by atoms with Crippen molar-refractivity contribution in [1.29, 1.82) is 5.26 Å². The van der Waals surface area contributed by atoms with Gasteiger partial charge in [0.1, 0.15) is 23.6 Å². The van der Waals surface area contributed by atoms with Gasteiger partial charge < -0.3 is 14.5 Å². The fourth-order valence-corrected chi connectivity index (χ4v) is 4.17. The second kappa shape index (κ2) is 8.74. The highest BCUT2D eigenvalue weighted by Gasteiger charge is 2.36. The van der Waals surface area contributed by atoms with E-state index >= 15 is 0 Å². The maximum Gasteiger partial charge on any atom is 0.410 e. The van der Waals surface area contributed by atoms with Gasteiger partial charge >= 0.3 is 6.09 Å². The predicted octanol–water partition coefficient (Wildman–Crippen LogP) is 3.33. The van der Waals surface area contributed by atoms with Gasteiger partial charge in [0.15, 0.2) is 11.9 Å². The average Bonchev–Trinajstić information content (AvgIpc) is 3.18. The third-order valence-corrected chi connectivity index (χ3v) is 5.73. The summed E-state index contributed by atoms with van der Waals surface area (Å²) in [5.74, 6) is 1.10. The molecular weight excluding hydrogens is 434 g/mol. The summed E-state index contributed by atoms with van der Waals surface area (Å²) in [5.41, 5.74) is 0.817. The number of aromatic nitrogens is 4. The van der Waals surface area contributed by atoms with E-state index in [4.69, 9.17) is 4.74 Å². The molecule has 0 radical (unpaired) electrons. The molecule has 3 aromatic heterocycles. The van der Waals surface area contributed by atoms with Crippen molar-refractivity contribution in [2.45, 2.75) is 52.3 Å². The molecule has 1 aliphatic rings. The summed E-state index contributed by atoms with van der Waals surface area (Å²) in [7, 11) is 0. The average molecular weight is 462 g/mol. The molecule has 0 aliphatic carbocycles. The van der Waals surface area contributed by atoms with E-state index in [-0.39, 0.29) is 18.2 Å². The zero-order valence-electron chi connectivity index (χ0n) is 19.9. The number of aldehydes is 1. The first-order chi connectivity index (χ1) is 16.1. The molecule has 4 rings (SSSR count). The van der Waals surface area contributed by atoms with Gasteiger partial charge in [0.25, 0.3) is 0 Å². The Kier molecular flexibility index (Phi) is 5.96. The lowest BCUT2D eigenvalue weighted by atomic mass is 10.1. The molecule has 0 saturated carbocycles. The van der Waals surface area contributed by atoms with E-state index in [1.165, 1.54) is 6.33 Å². The Morgan fingerprint density at radius 1 is 1.21 bits per heavy atom. The molecule has 1 saturated heterocycles. The number of carbonyl (C=O) groups excluding carboxylic acids is 2. The van der Waals surface area contributed by atoms with Gasteiger partial charge in [-0.1, -0.05) is 0 Å². The maximum absolute atomic E-state index is 12.7. The number of fused-ring (bicyclic) bond motifs is 1. The number of hydrogen-bond donors (Lipinski definition) is 0.